The highest BCUT2D eigenvalue weighted by Gasteiger charge is 2.16. The molecule has 0 unspecified atom stereocenters. The van der Waals surface area contributed by atoms with Gasteiger partial charge in [0, 0.05) is 14.1 Å². The van der Waals surface area contributed by atoms with Crippen LogP contribution in [0, 0.1) is 0 Å². The second kappa shape index (κ2) is 5.06. The quantitative estimate of drug-likeness (QED) is 0.691. The standard InChI is InChI=1S/C12H14BrN7O/c1-4-8-10(13)9(18(2)16-8)6-20-12(21)7-5-14-19(3)11(7)15-17-20/h5H,4,6H2,1-3H3. The highest BCUT2D eigenvalue weighted by molar-refractivity contribution is 9.10. The molecule has 9 heteroatoms. The number of hydrogen-bond acceptors (Lipinski definition) is 5. The highest BCUT2D eigenvalue weighted by atomic mass is 79.9. The SMILES string of the molecule is CCc1nn(C)c(Cn2nnc3c(cnn3C)c2=O)c1Br. The molecule has 0 bridgehead atoms. The van der Waals surface area contributed by atoms with Crippen LogP contribution in [0.25, 0.3) is 11.0 Å². The molecule has 3 aromatic heterocycles. The number of halogens is 1. The van der Waals surface area contributed by atoms with Gasteiger partial charge in [0.05, 0.1) is 28.6 Å². The van der Waals surface area contributed by atoms with Crippen molar-refractivity contribution in [3.05, 3.63) is 32.4 Å². The molecule has 3 heterocycles. The van der Waals surface area contributed by atoms with Gasteiger partial charge in [0.1, 0.15) is 5.39 Å². The van der Waals surface area contributed by atoms with Gasteiger partial charge in [-0.15, -0.1) is 5.10 Å². The van der Waals surface area contributed by atoms with Crippen LogP contribution < -0.4 is 5.56 Å². The average molecular weight is 352 g/mol. The first kappa shape index (κ1) is 13.9. The Morgan fingerprint density at radius 3 is 2.71 bits per heavy atom. The third-order valence-electron chi connectivity index (χ3n) is 3.42. The fourth-order valence-corrected chi connectivity index (χ4v) is 2.96. The molecule has 0 fully saturated rings. The summed E-state index contributed by atoms with van der Waals surface area (Å²) in [4.78, 5) is 12.4. The number of fused-ring (bicyclic) bond motifs is 1. The lowest BCUT2D eigenvalue weighted by Crippen LogP contribution is -2.25. The lowest BCUT2D eigenvalue weighted by molar-refractivity contribution is 0.561. The maximum absolute atomic E-state index is 12.4. The van der Waals surface area contributed by atoms with E-state index in [1.807, 2.05) is 14.0 Å². The Morgan fingerprint density at radius 1 is 1.29 bits per heavy atom. The number of aryl methyl sites for hydroxylation is 3. The van der Waals surface area contributed by atoms with Crippen molar-refractivity contribution in [1.82, 2.24) is 34.6 Å². The van der Waals surface area contributed by atoms with E-state index in [0.717, 1.165) is 22.3 Å². The van der Waals surface area contributed by atoms with Gasteiger partial charge in [-0.3, -0.25) is 9.48 Å². The molecule has 0 radical (unpaired) electrons. The molecule has 0 amide bonds. The summed E-state index contributed by atoms with van der Waals surface area (Å²) >= 11 is 3.53. The maximum Gasteiger partial charge on any atom is 0.281 e. The number of rotatable bonds is 3. The molecular formula is C12H14BrN7O. The lowest BCUT2D eigenvalue weighted by Gasteiger charge is -2.05. The molecule has 110 valence electrons. The molecule has 0 aliphatic heterocycles. The number of aromatic nitrogens is 7. The summed E-state index contributed by atoms with van der Waals surface area (Å²) in [6.07, 6.45) is 2.33. The average Bonchev–Trinajstić information content (AvgIpc) is 2.97. The Morgan fingerprint density at radius 2 is 2.05 bits per heavy atom. The lowest BCUT2D eigenvalue weighted by atomic mass is 10.3. The summed E-state index contributed by atoms with van der Waals surface area (Å²) in [6.45, 7) is 2.34. The minimum Gasteiger partial charge on any atom is -0.269 e. The largest absolute Gasteiger partial charge is 0.281 e. The normalized spacial score (nSPS) is 11.4. The van der Waals surface area contributed by atoms with Crippen LogP contribution in [0.15, 0.2) is 15.5 Å². The Labute approximate surface area is 128 Å². The summed E-state index contributed by atoms with van der Waals surface area (Å²) < 4.78 is 5.52. The first-order chi connectivity index (χ1) is 10.0. The van der Waals surface area contributed by atoms with Crippen molar-refractivity contribution in [2.24, 2.45) is 14.1 Å². The first-order valence-electron chi connectivity index (χ1n) is 6.48. The minimum atomic E-state index is -0.209. The molecule has 0 saturated heterocycles. The van der Waals surface area contributed by atoms with Crippen molar-refractivity contribution in [3.8, 4) is 0 Å². The smallest absolute Gasteiger partial charge is 0.269 e. The Bertz CT molecular complexity index is 876. The van der Waals surface area contributed by atoms with E-state index in [9.17, 15) is 4.79 Å². The van der Waals surface area contributed by atoms with E-state index >= 15 is 0 Å². The van der Waals surface area contributed by atoms with Crippen molar-refractivity contribution >= 4 is 27.0 Å². The molecule has 0 aliphatic rings. The third-order valence-corrected chi connectivity index (χ3v) is 4.34. The number of hydrogen-bond donors (Lipinski definition) is 0. The van der Waals surface area contributed by atoms with Gasteiger partial charge < -0.3 is 0 Å². The van der Waals surface area contributed by atoms with E-state index in [0.29, 0.717) is 17.6 Å². The molecule has 8 nitrogen and oxygen atoms in total. The number of nitrogens with zero attached hydrogens (tertiary/aromatic N) is 7. The van der Waals surface area contributed by atoms with Crippen molar-refractivity contribution in [2.75, 3.05) is 0 Å². The highest BCUT2D eigenvalue weighted by Crippen LogP contribution is 2.21. The zero-order chi connectivity index (χ0) is 15.1. The van der Waals surface area contributed by atoms with Crippen LogP contribution in [0.4, 0.5) is 0 Å². The fraction of sp³-hybridized carbons (Fsp3) is 0.417. The maximum atomic E-state index is 12.4. The van der Waals surface area contributed by atoms with Crippen molar-refractivity contribution in [1.29, 1.82) is 0 Å². The third kappa shape index (κ3) is 2.17. The molecule has 0 saturated carbocycles. The monoisotopic (exact) mass is 351 g/mol. The van der Waals surface area contributed by atoms with E-state index in [2.05, 4.69) is 36.4 Å². The molecule has 21 heavy (non-hydrogen) atoms. The van der Waals surface area contributed by atoms with Crippen molar-refractivity contribution in [3.63, 3.8) is 0 Å². The Balaban J connectivity index is 2.08. The van der Waals surface area contributed by atoms with Gasteiger partial charge in [0.25, 0.3) is 5.56 Å². The summed E-state index contributed by atoms with van der Waals surface area (Å²) in [5, 5.41) is 16.9. The van der Waals surface area contributed by atoms with E-state index in [4.69, 9.17) is 0 Å². The Kier molecular flexibility index (Phi) is 3.36. The van der Waals surface area contributed by atoms with Gasteiger partial charge >= 0.3 is 0 Å². The molecule has 0 aromatic carbocycles. The van der Waals surface area contributed by atoms with Crippen LogP contribution in [0.3, 0.4) is 0 Å². The summed E-state index contributed by atoms with van der Waals surface area (Å²) in [6, 6.07) is 0. The van der Waals surface area contributed by atoms with Crippen LogP contribution in [0.1, 0.15) is 18.3 Å². The second-order valence-corrected chi connectivity index (χ2v) is 5.54. The van der Waals surface area contributed by atoms with E-state index in [1.54, 1.807) is 11.7 Å². The first-order valence-corrected chi connectivity index (χ1v) is 7.28. The topological polar surface area (TPSA) is 83.4 Å². The molecule has 0 spiro atoms. The molecule has 0 atom stereocenters. The van der Waals surface area contributed by atoms with Gasteiger partial charge in [-0.25, -0.2) is 9.36 Å². The van der Waals surface area contributed by atoms with E-state index in [-0.39, 0.29) is 5.56 Å². The van der Waals surface area contributed by atoms with Gasteiger partial charge in [-0.2, -0.15) is 10.2 Å². The van der Waals surface area contributed by atoms with E-state index in [1.165, 1.54) is 15.6 Å². The van der Waals surface area contributed by atoms with Crippen LogP contribution in [-0.4, -0.2) is 34.6 Å². The predicted octanol–water partition coefficient (Wildman–Crippen LogP) is 0.632. The van der Waals surface area contributed by atoms with Crippen molar-refractivity contribution in [2.45, 2.75) is 19.9 Å². The molecule has 0 aliphatic carbocycles. The van der Waals surface area contributed by atoms with Gasteiger partial charge in [-0.1, -0.05) is 12.1 Å². The summed E-state index contributed by atoms with van der Waals surface area (Å²) in [5.74, 6) is 0. The summed E-state index contributed by atoms with van der Waals surface area (Å²) in [5.41, 5.74) is 2.11. The van der Waals surface area contributed by atoms with Crippen LogP contribution in [0.5, 0.6) is 0 Å². The zero-order valence-corrected chi connectivity index (χ0v) is 13.5. The van der Waals surface area contributed by atoms with Crippen LogP contribution in [0.2, 0.25) is 0 Å². The van der Waals surface area contributed by atoms with Crippen molar-refractivity contribution < 1.29 is 0 Å². The van der Waals surface area contributed by atoms with Crippen LogP contribution in [-0.2, 0) is 27.1 Å². The zero-order valence-electron chi connectivity index (χ0n) is 11.9. The Hall–Kier alpha value is -2.03. The van der Waals surface area contributed by atoms with Crippen LogP contribution >= 0.6 is 15.9 Å². The van der Waals surface area contributed by atoms with E-state index < -0.39 is 0 Å². The van der Waals surface area contributed by atoms with Gasteiger partial charge in [-0.05, 0) is 22.4 Å². The molecule has 3 aromatic rings. The van der Waals surface area contributed by atoms with Gasteiger partial charge in [0.15, 0.2) is 5.65 Å². The second-order valence-electron chi connectivity index (χ2n) is 4.74. The molecule has 3 rings (SSSR count). The fourth-order valence-electron chi connectivity index (χ4n) is 2.21. The molecular weight excluding hydrogens is 338 g/mol. The summed E-state index contributed by atoms with van der Waals surface area (Å²) in [7, 11) is 3.58. The minimum absolute atomic E-state index is 0.209. The van der Waals surface area contributed by atoms with Gasteiger partial charge in [0.2, 0.25) is 0 Å². The molecule has 0 N–H and O–H groups in total. The predicted molar refractivity (Wildman–Crippen MR) is 80.0 cm³/mol.